The number of likely N-dealkylation sites (tertiary alicyclic amines) is 1. The molecule has 0 radical (unpaired) electrons. The lowest BCUT2D eigenvalue weighted by atomic mass is 10.1. The van der Waals surface area contributed by atoms with Crippen molar-refractivity contribution in [3.05, 3.63) is 18.6 Å². The van der Waals surface area contributed by atoms with E-state index in [1.807, 2.05) is 0 Å². The van der Waals surface area contributed by atoms with Crippen molar-refractivity contribution >= 4 is 17.6 Å². The molecule has 6 nitrogen and oxygen atoms in total. The Kier molecular flexibility index (Phi) is 3.86. The summed E-state index contributed by atoms with van der Waals surface area (Å²) in [4.78, 5) is 31.5. The maximum absolute atomic E-state index is 12.2. The van der Waals surface area contributed by atoms with Gasteiger partial charge in [0.05, 0.1) is 12.1 Å². The molecule has 1 saturated heterocycles. The topological polar surface area (TPSA) is 75.2 Å². The van der Waals surface area contributed by atoms with Crippen LogP contribution in [0.5, 0.6) is 0 Å². The van der Waals surface area contributed by atoms with Crippen LogP contribution < -0.4 is 5.32 Å². The Morgan fingerprint density at radius 2 is 2.20 bits per heavy atom. The van der Waals surface area contributed by atoms with E-state index in [1.54, 1.807) is 0 Å². The number of hydrogen-bond donors (Lipinski definition) is 1. The van der Waals surface area contributed by atoms with E-state index in [0.29, 0.717) is 4.90 Å². The van der Waals surface area contributed by atoms with Gasteiger partial charge in [0, 0.05) is 25.4 Å². The van der Waals surface area contributed by atoms with Gasteiger partial charge in [-0.3, -0.25) is 14.6 Å². The molecule has 0 aromatic carbocycles. The molecule has 1 N–H and O–H groups in total. The molecule has 1 aromatic rings. The smallest absolute Gasteiger partial charge is 0.333 e. The number of hydrogen-bond acceptors (Lipinski definition) is 4. The van der Waals surface area contributed by atoms with Gasteiger partial charge in [0.15, 0.2) is 5.82 Å². The zero-order valence-corrected chi connectivity index (χ0v) is 10.2. The van der Waals surface area contributed by atoms with Gasteiger partial charge in [0.2, 0.25) is 11.8 Å². The first kappa shape index (κ1) is 14.2. The molecule has 20 heavy (non-hydrogen) atoms. The van der Waals surface area contributed by atoms with Crippen molar-refractivity contribution in [3.63, 3.8) is 0 Å². The van der Waals surface area contributed by atoms with E-state index < -0.39 is 30.5 Å². The highest BCUT2D eigenvalue weighted by Gasteiger charge is 2.40. The van der Waals surface area contributed by atoms with Crippen LogP contribution in [0.2, 0.25) is 0 Å². The third kappa shape index (κ3) is 3.65. The number of amides is 2. The number of halogens is 3. The lowest BCUT2D eigenvalue weighted by Gasteiger charge is -2.18. The summed E-state index contributed by atoms with van der Waals surface area (Å²) in [6, 6.07) is 0. The van der Waals surface area contributed by atoms with Crippen LogP contribution in [0.15, 0.2) is 18.6 Å². The second-order valence-electron chi connectivity index (χ2n) is 4.37. The van der Waals surface area contributed by atoms with Crippen molar-refractivity contribution in [1.82, 2.24) is 14.9 Å². The fourth-order valence-corrected chi connectivity index (χ4v) is 1.91. The molecule has 1 fully saturated rings. The van der Waals surface area contributed by atoms with Crippen molar-refractivity contribution in [2.75, 3.05) is 18.4 Å². The maximum Gasteiger partial charge on any atom is 0.406 e. The molecule has 1 atom stereocenters. The summed E-state index contributed by atoms with van der Waals surface area (Å²) in [6.45, 7) is -1.58. The van der Waals surface area contributed by atoms with Crippen LogP contribution >= 0.6 is 0 Å². The van der Waals surface area contributed by atoms with Crippen LogP contribution in [0, 0.1) is 5.92 Å². The second-order valence-corrected chi connectivity index (χ2v) is 4.37. The number of aromatic nitrogens is 2. The monoisotopic (exact) mass is 288 g/mol. The molecule has 1 aromatic heterocycles. The first-order valence-corrected chi connectivity index (χ1v) is 5.76. The van der Waals surface area contributed by atoms with Crippen LogP contribution in [-0.4, -0.2) is 45.9 Å². The number of carbonyl (C=O) groups excluding carboxylic acids is 2. The standard InChI is InChI=1S/C11H11F3N4O2/c12-11(13,14)6-18-5-7(3-9(18)19)10(20)17-8-4-15-1-2-16-8/h1-2,4,7H,3,5-6H2,(H,16,17,20)/t7-/m0/s1. The van der Waals surface area contributed by atoms with E-state index >= 15 is 0 Å². The van der Waals surface area contributed by atoms with Gasteiger partial charge < -0.3 is 10.2 Å². The molecule has 0 unspecified atom stereocenters. The molecule has 0 spiro atoms. The van der Waals surface area contributed by atoms with Crippen LogP contribution in [0.25, 0.3) is 0 Å². The van der Waals surface area contributed by atoms with Crippen molar-refractivity contribution in [1.29, 1.82) is 0 Å². The lowest BCUT2D eigenvalue weighted by Crippen LogP contribution is -2.36. The zero-order chi connectivity index (χ0) is 14.8. The average Bonchev–Trinajstić information content (AvgIpc) is 2.70. The summed E-state index contributed by atoms with van der Waals surface area (Å²) in [7, 11) is 0. The Balaban J connectivity index is 1.94. The van der Waals surface area contributed by atoms with Crippen LogP contribution in [-0.2, 0) is 9.59 Å². The highest BCUT2D eigenvalue weighted by atomic mass is 19.4. The van der Waals surface area contributed by atoms with E-state index in [1.165, 1.54) is 18.6 Å². The molecule has 1 aliphatic heterocycles. The summed E-state index contributed by atoms with van der Waals surface area (Å²) < 4.78 is 36.7. The van der Waals surface area contributed by atoms with E-state index in [9.17, 15) is 22.8 Å². The van der Waals surface area contributed by atoms with E-state index in [0.717, 1.165) is 0 Å². The van der Waals surface area contributed by atoms with Crippen LogP contribution in [0.3, 0.4) is 0 Å². The van der Waals surface area contributed by atoms with Gasteiger partial charge in [0.25, 0.3) is 0 Å². The molecule has 9 heteroatoms. The molecule has 2 amide bonds. The number of nitrogens with one attached hydrogen (secondary N) is 1. The summed E-state index contributed by atoms with van der Waals surface area (Å²) in [5, 5.41) is 2.42. The van der Waals surface area contributed by atoms with E-state index in [-0.39, 0.29) is 18.8 Å². The Bertz CT molecular complexity index is 506. The maximum atomic E-state index is 12.2. The van der Waals surface area contributed by atoms with Gasteiger partial charge in [-0.15, -0.1) is 0 Å². The third-order valence-electron chi connectivity index (χ3n) is 2.77. The van der Waals surface area contributed by atoms with Gasteiger partial charge in [-0.05, 0) is 0 Å². The number of anilines is 1. The number of nitrogens with zero attached hydrogens (tertiary/aromatic N) is 3. The van der Waals surface area contributed by atoms with Crippen LogP contribution in [0.1, 0.15) is 6.42 Å². The zero-order valence-electron chi connectivity index (χ0n) is 10.2. The summed E-state index contributed by atoms with van der Waals surface area (Å²) in [5.74, 6) is -1.84. The fraction of sp³-hybridized carbons (Fsp3) is 0.455. The largest absolute Gasteiger partial charge is 0.406 e. The number of rotatable bonds is 3. The van der Waals surface area contributed by atoms with Gasteiger partial charge in [-0.1, -0.05) is 0 Å². The lowest BCUT2D eigenvalue weighted by molar-refractivity contribution is -0.157. The molecule has 2 heterocycles. The third-order valence-corrected chi connectivity index (χ3v) is 2.77. The molecular weight excluding hydrogens is 277 g/mol. The minimum atomic E-state index is -4.47. The molecule has 1 aliphatic rings. The van der Waals surface area contributed by atoms with Gasteiger partial charge >= 0.3 is 6.18 Å². The quantitative estimate of drug-likeness (QED) is 0.893. The van der Waals surface area contributed by atoms with Gasteiger partial charge in [-0.25, -0.2) is 4.98 Å². The molecule has 0 bridgehead atoms. The molecule has 0 aliphatic carbocycles. The summed E-state index contributed by atoms with van der Waals surface area (Å²) >= 11 is 0. The fourth-order valence-electron chi connectivity index (χ4n) is 1.91. The predicted molar refractivity (Wildman–Crippen MR) is 61.4 cm³/mol. The first-order valence-electron chi connectivity index (χ1n) is 5.76. The minimum absolute atomic E-state index is 0.194. The summed E-state index contributed by atoms with van der Waals surface area (Å²) in [6.07, 6.45) is -0.610. The molecular formula is C11H11F3N4O2. The van der Waals surface area contributed by atoms with Crippen LogP contribution in [0.4, 0.5) is 19.0 Å². The first-order chi connectivity index (χ1) is 9.35. The SMILES string of the molecule is O=C(Nc1cnccn1)[C@H]1CC(=O)N(CC(F)(F)F)C1. The van der Waals surface area contributed by atoms with Gasteiger partial charge in [0.1, 0.15) is 6.54 Å². The van der Waals surface area contributed by atoms with Crippen molar-refractivity contribution in [2.24, 2.45) is 5.92 Å². The number of alkyl halides is 3. The van der Waals surface area contributed by atoms with Gasteiger partial charge in [-0.2, -0.15) is 13.2 Å². The van der Waals surface area contributed by atoms with Crippen molar-refractivity contribution < 1.29 is 22.8 Å². The van der Waals surface area contributed by atoms with Crippen molar-refractivity contribution in [2.45, 2.75) is 12.6 Å². The number of carbonyl (C=O) groups is 2. The van der Waals surface area contributed by atoms with E-state index in [4.69, 9.17) is 0 Å². The Labute approximate surface area is 112 Å². The second kappa shape index (κ2) is 5.43. The molecule has 108 valence electrons. The highest BCUT2D eigenvalue weighted by Crippen LogP contribution is 2.24. The molecule has 2 rings (SSSR count). The Morgan fingerprint density at radius 1 is 1.45 bits per heavy atom. The average molecular weight is 288 g/mol. The predicted octanol–water partition coefficient (Wildman–Crippen LogP) is 0.826. The Hall–Kier alpha value is -2.19. The van der Waals surface area contributed by atoms with E-state index in [2.05, 4.69) is 15.3 Å². The highest BCUT2D eigenvalue weighted by molar-refractivity contribution is 5.96. The normalized spacial score (nSPS) is 19.2. The Morgan fingerprint density at radius 3 is 2.80 bits per heavy atom. The minimum Gasteiger partial charge on any atom is -0.333 e. The van der Waals surface area contributed by atoms with Crippen molar-refractivity contribution in [3.8, 4) is 0 Å². The summed E-state index contributed by atoms with van der Waals surface area (Å²) in [5.41, 5.74) is 0. The molecule has 0 saturated carbocycles.